The Labute approximate surface area is 82.9 Å². The highest BCUT2D eigenvalue weighted by molar-refractivity contribution is 5.80. The van der Waals surface area contributed by atoms with Gasteiger partial charge >= 0.3 is 0 Å². The van der Waals surface area contributed by atoms with E-state index in [1.54, 1.807) is 0 Å². The Kier molecular flexibility index (Phi) is 1.45. The summed E-state index contributed by atoms with van der Waals surface area (Å²) in [6, 6.07) is -0.401. The smallest absolute Gasteiger partial charge is 0.137 e. The standard InChI is InChI=1S/C10H17NO2/c1-6(12)10-8-4-3-7(11(8)2)5-9(10)13/h7-10,13H,3-5H2,1-2H3/i2D3. The molecule has 0 amide bonds. The van der Waals surface area contributed by atoms with E-state index in [9.17, 15) is 9.90 Å². The van der Waals surface area contributed by atoms with E-state index in [1.165, 1.54) is 11.8 Å². The molecule has 0 aromatic heterocycles. The lowest BCUT2D eigenvalue weighted by atomic mass is 9.85. The summed E-state index contributed by atoms with van der Waals surface area (Å²) in [5.74, 6) is -0.633. The number of Topliss-reactive ketones (excluding diaryl/α,β-unsaturated/α-hetero) is 1. The average molecular weight is 186 g/mol. The quantitative estimate of drug-likeness (QED) is 0.645. The van der Waals surface area contributed by atoms with Gasteiger partial charge in [-0.1, -0.05) is 0 Å². The molecule has 2 fully saturated rings. The molecule has 13 heavy (non-hydrogen) atoms. The lowest BCUT2D eigenvalue weighted by Crippen LogP contribution is -2.51. The van der Waals surface area contributed by atoms with Crippen molar-refractivity contribution in [1.82, 2.24) is 4.90 Å². The van der Waals surface area contributed by atoms with Gasteiger partial charge in [0.15, 0.2) is 0 Å². The maximum absolute atomic E-state index is 11.5. The molecule has 2 heterocycles. The van der Waals surface area contributed by atoms with E-state index in [0.29, 0.717) is 12.8 Å². The fraction of sp³-hybridized carbons (Fsp3) is 0.900. The van der Waals surface area contributed by atoms with Gasteiger partial charge < -0.3 is 5.11 Å². The minimum atomic E-state index is -2.15. The molecule has 4 unspecified atom stereocenters. The molecular formula is C10H17NO2. The lowest BCUT2D eigenvalue weighted by molar-refractivity contribution is -0.130. The van der Waals surface area contributed by atoms with Gasteiger partial charge in [-0.2, -0.15) is 0 Å². The summed E-state index contributed by atoms with van der Waals surface area (Å²) in [6.07, 6.45) is 1.20. The van der Waals surface area contributed by atoms with Crippen molar-refractivity contribution in [3.8, 4) is 0 Å². The highest BCUT2D eigenvalue weighted by atomic mass is 16.3. The van der Waals surface area contributed by atoms with E-state index in [2.05, 4.69) is 0 Å². The van der Waals surface area contributed by atoms with Gasteiger partial charge in [0.05, 0.1) is 12.0 Å². The maximum Gasteiger partial charge on any atom is 0.137 e. The van der Waals surface area contributed by atoms with Crippen LogP contribution in [0.5, 0.6) is 0 Å². The van der Waals surface area contributed by atoms with Gasteiger partial charge in [0.25, 0.3) is 0 Å². The number of rotatable bonds is 1. The number of carbonyl (C=O) groups is 1. The highest BCUT2D eigenvalue weighted by Crippen LogP contribution is 2.38. The molecule has 0 aromatic carbocycles. The van der Waals surface area contributed by atoms with Crippen LogP contribution in [0.3, 0.4) is 0 Å². The molecular weight excluding hydrogens is 166 g/mol. The molecule has 0 aromatic rings. The first-order valence-electron chi connectivity index (χ1n) is 6.29. The highest BCUT2D eigenvalue weighted by Gasteiger charge is 2.46. The van der Waals surface area contributed by atoms with Gasteiger partial charge in [0.1, 0.15) is 5.78 Å². The van der Waals surface area contributed by atoms with Crippen LogP contribution < -0.4 is 0 Å². The monoisotopic (exact) mass is 186 g/mol. The molecule has 2 aliphatic rings. The molecule has 0 spiro atoms. The Morgan fingerprint density at radius 1 is 1.62 bits per heavy atom. The van der Waals surface area contributed by atoms with Gasteiger partial charge in [-0.15, -0.1) is 0 Å². The van der Waals surface area contributed by atoms with Crippen molar-refractivity contribution in [2.24, 2.45) is 5.92 Å². The van der Waals surface area contributed by atoms with Crippen molar-refractivity contribution in [2.45, 2.75) is 44.4 Å². The van der Waals surface area contributed by atoms with E-state index in [1.807, 2.05) is 0 Å². The van der Waals surface area contributed by atoms with Gasteiger partial charge in [-0.05, 0) is 33.2 Å². The minimum absolute atomic E-state index is 0.0944. The maximum atomic E-state index is 11.5. The van der Waals surface area contributed by atoms with Gasteiger partial charge in [-0.25, -0.2) is 0 Å². The van der Waals surface area contributed by atoms with Crippen molar-refractivity contribution in [3.63, 3.8) is 0 Å². The molecule has 2 rings (SSSR count). The van der Waals surface area contributed by atoms with E-state index in [4.69, 9.17) is 4.11 Å². The molecule has 2 bridgehead atoms. The number of aliphatic hydroxyl groups excluding tert-OH is 1. The molecule has 2 saturated heterocycles. The topological polar surface area (TPSA) is 40.5 Å². The van der Waals surface area contributed by atoms with E-state index in [-0.39, 0.29) is 17.9 Å². The number of piperidine rings is 1. The Bertz CT molecular complexity index is 305. The zero-order chi connectivity index (χ0) is 12.1. The van der Waals surface area contributed by atoms with Crippen LogP contribution in [-0.2, 0) is 4.79 Å². The molecule has 4 atom stereocenters. The second kappa shape index (κ2) is 3.07. The van der Waals surface area contributed by atoms with Crippen LogP contribution in [-0.4, -0.2) is 41.0 Å². The fourth-order valence-electron chi connectivity index (χ4n) is 2.72. The van der Waals surface area contributed by atoms with Gasteiger partial charge in [0, 0.05) is 16.2 Å². The first-order valence-corrected chi connectivity index (χ1v) is 4.79. The lowest BCUT2D eigenvalue weighted by Gasteiger charge is -2.39. The van der Waals surface area contributed by atoms with Crippen LogP contribution in [0.2, 0.25) is 0 Å². The van der Waals surface area contributed by atoms with Crippen molar-refractivity contribution in [1.29, 1.82) is 0 Å². The van der Waals surface area contributed by atoms with Crippen LogP contribution in [0, 0.1) is 5.92 Å². The summed E-state index contributed by atoms with van der Waals surface area (Å²) in [7, 11) is 0. The summed E-state index contributed by atoms with van der Waals surface area (Å²) < 4.78 is 22.5. The third-order valence-corrected chi connectivity index (χ3v) is 3.36. The van der Waals surface area contributed by atoms with Crippen LogP contribution in [0.25, 0.3) is 0 Å². The molecule has 1 N–H and O–H groups in total. The number of ketones is 1. The SMILES string of the molecule is [2H]C([2H])([2H])N1C2CCC1C(C(C)=O)C(O)C2. The summed E-state index contributed by atoms with van der Waals surface area (Å²) in [5, 5.41) is 9.87. The molecule has 0 aliphatic carbocycles. The summed E-state index contributed by atoms with van der Waals surface area (Å²) in [4.78, 5) is 13.0. The predicted octanol–water partition coefficient (Wildman–Crippen LogP) is 0.419. The predicted molar refractivity (Wildman–Crippen MR) is 49.4 cm³/mol. The number of carbonyl (C=O) groups excluding carboxylic acids is 1. The summed E-state index contributed by atoms with van der Waals surface area (Å²) >= 11 is 0. The third kappa shape index (κ3) is 1.30. The molecule has 3 nitrogen and oxygen atoms in total. The number of fused-ring (bicyclic) bond motifs is 2. The van der Waals surface area contributed by atoms with Crippen molar-refractivity contribution < 1.29 is 14.0 Å². The minimum Gasteiger partial charge on any atom is -0.392 e. The van der Waals surface area contributed by atoms with Crippen molar-refractivity contribution in [2.75, 3.05) is 6.98 Å². The Morgan fingerprint density at radius 2 is 2.38 bits per heavy atom. The first-order chi connectivity index (χ1) is 7.32. The third-order valence-electron chi connectivity index (χ3n) is 3.36. The molecule has 0 radical (unpaired) electrons. The van der Waals surface area contributed by atoms with Gasteiger partial charge in [0.2, 0.25) is 0 Å². The van der Waals surface area contributed by atoms with Crippen molar-refractivity contribution >= 4 is 5.78 Å². The number of hydrogen-bond acceptors (Lipinski definition) is 3. The largest absolute Gasteiger partial charge is 0.392 e. The van der Waals surface area contributed by atoms with E-state index < -0.39 is 19.0 Å². The summed E-state index contributed by atoms with van der Waals surface area (Å²) in [6.45, 7) is -0.718. The molecule has 74 valence electrons. The second-order valence-electron chi connectivity index (χ2n) is 4.15. The van der Waals surface area contributed by atoms with Crippen LogP contribution >= 0.6 is 0 Å². The fourth-order valence-corrected chi connectivity index (χ4v) is 2.72. The summed E-state index contributed by atoms with van der Waals surface area (Å²) in [5.41, 5.74) is 0. The zero-order valence-electron chi connectivity index (χ0n) is 10.7. The Morgan fingerprint density at radius 3 is 3.00 bits per heavy atom. The number of hydrogen-bond donors (Lipinski definition) is 1. The van der Waals surface area contributed by atoms with Crippen LogP contribution in [0.15, 0.2) is 0 Å². The number of nitrogens with zero attached hydrogens (tertiary/aromatic N) is 1. The van der Waals surface area contributed by atoms with Crippen molar-refractivity contribution in [3.05, 3.63) is 0 Å². The molecule has 0 saturated carbocycles. The second-order valence-corrected chi connectivity index (χ2v) is 4.15. The van der Waals surface area contributed by atoms with Crippen LogP contribution in [0.4, 0.5) is 0 Å². The average Bonchev–Trinajstić information content (AvgIpc) is 2.40. The first kappa shape index (κ1) is 6.14. The normalized spacial score (nSPS) is 49.5. The Balaban J connectivity index is 2.29. The number of aliphatic hydroxyl groups is 1. The van der Waals surface area contributed by atoms with E-state index >= 15 is 0 Å². The Hall–Kier alpha value is -0.410. The molecule has 3 heteroatoms. The van der Waals surface area contributed by atoms with Gasteiger partial charge in [-0.3, -0.25) is 9.69 Å². The molecule has 2 aliphatic heterocycles. The van der Waals surface area contributed by atoms with Crippen LogP contribution in [0.1, 0.15) is 30.3 Å². The zero-order valence-corrected chi connectivity index (χ0v) is 7.73. The van der Waals surface area contributed by atoms with E-state index in [0.717, 1.165) is 6.42 Å².